The maximum absolute atomic E-state index is 13.3. The normalized spacial score (nSPS) is 10.1. The van der Waals surface area contributed by atoms with E-state index in [1.54, 1.807) is 5.38 Å². The number of anilines is 1. The standard InChI is InChI=1S/C12H9F2N3O2S/c13-7-1-2-8(9(14)5-7)11(19)16-6-10(18)17-12-15-3-4-20-12/h1-5H,6H2,(H,16,19)(H,15,17,18). The van der Waals surface area contributed by atoms with Gasteiger partial charge in [0.1, 0.15) is 11.6 Å². The van der Waals surface area contributed by atoms with E-state index >= 15 is 0 Å². The molecule has 0 saturated heterocycles. The molecular formula is C12H9F2N3O2S. The van der Waals surface area contributed by atoms with Crippen molar-refractivity contribution in [3.63, 3.8) is 0 Å². The van der Waals surface area contributed by atoms with Crippen molar-refractivity contribution >= 4 is 28.3 Å². The summed E-state index contributed by atoms with van der Waals surface area (Å²) >= 11 is 1.23. The third-order valence-electron chi connectivity index (χ3n) is 2.26. The molecule has 0 fully saturated rings. The molecule has 5 nitrogen and oxygen atoms in total. The Morgan fingerprint density at radius 1 is 1.30 bits per heavy atom. The van der Waals surface area contributed by atoms with Crippen molar-refractivity contribution < 1.29 is 18.4 Å². The fraction of sp³-hybridized carbons (Fsp3) is 0.0833. The fourth-order valence-corrected chi connectivity index (χ4v) is 1.92. The number of thiazole rings is 1. The first-order chi connectivity index (χ1) is 9.56. The van der Waals surface area contributed by atoms with Crippen LogP contribution in [0.15, 0.2) is 29.8 Å². The van der Waals surface area contributed by atoms with Crippen LogP contribution in [0.25, 0.3) is 0 Å². The minimum absolute atomic E-state index is 0.326. The number of halogens is 2. The van der Waals surface area contributed by atoms with Crippen molar-refractivity contribution in [3.8, 4) is 0 Å². The number of hydrogen-bond acceptors (Lipinski definition) is 4. The first-order valence-electron chi connectivity index (χ1n) is 5.49. The Morgan fingerprint density at radius 2 is 2.10 bits per heavy atom. The smallest absolute Gasteiger partial charge is 0.254 e. The lowest BCUT2D eigenvalue weighted by molar-refractivity contribution is -0.115. The third kappa shape index (κ3) is 3.58. The van der Waals surface area contributed by atoms with Crippen molar-refractivity contribution in [2.24, 2.45) is 0 Å². The molecule has 1 aromatic heterocycles. The number of rotatable bonds is 4. The lowest BCUT2D eigenvalue weighted by atomic mass is 10.2. The first-order valence-corrected chi connectivity index (χ1v) is 6.37. The highest BCUT2D eigenvalue weighted by Crippen LogP contribution is 2.10. The largest absolute Gasteiger partial charge is 0.343 e. The van der Waals surface area contributed by atoms with Crippen LogP contribution in [0.5, 0.6) is 0 Å². The SMILES string of the molecule is O=C(CNC(=O)c1ccc(F)cc1F)Nc1nccs1. The van der Waals surface area contributed by atoms with Gasteiger partial charge in [0.2, 0.25) is 5.91 Å². The number of benzene rings is 1. The molecule has 2 amide bonds. The van der Waals surface area contributed by atoms with Crippen molar-refractivity contribution in [1.29, 1.82) is 0 Å². The summed E-state index contributed by atoms with van der Waals surface area (Å²) in [5, 5.41) is 6.77. The molecule has 0 radical (unpaired) electrons. The maximum atomic E-state index is 13.3. The highest BCUT2D eigenvalue weighted by molar-refractivity contribution is 7.13. The predicted octanol–water partition coefficient (Wildman–Crippen LogP) is 1.79. The number of hydrogen-bond donors (Lipinski definition) is 2. The lowest BCUT2D eigenvalue weighted by Gasteiger charge is -2.06. The average Bonchev–Trinajstić information content (AvgIpc) is 2.89. The zero-order valence-corrected chi connectivity index (χ0v) is 10.8. The van der Waals surface area contributed by atoms with Crippen LogP contribution < -0.4 is 10.6 Å². The number of carbonyl (C=O) groups excluding carboxylic acids is 2. The average molecular weight is 297 g/mol. The molecule has 104 valence electrons. The molecule has 20 heavy (non-hydrogen) atoms. The molecule has 0 aliphatic heterocycles. The molecule has 0 bridgehead atoms. The van der Waals surface area contributed by atoms with E-state index in [-0.39, 0.29) is 12.1 Å². The molecule has 8 heteroatoms. The van der Waals surface area contributed by atoms with E-state index in [1.807, 2.05) is 0 Å². The third-order valence-corrected chi connectivity index (χ3v) is 2.95. The molecule has 0 unspecified atom stereocenters. The molecule has 1 heterocycles. The Balaban J connectivity index is 1.90. The van der Waals surface area contributed by atoms with E-state index in [1.165, 1.54) is 17.5 Å². The number of carbonyl (C=O) groups is 2. The second-order valence-corrected chi connectivity index (χ2v) is 4.59. The monoisotopic (exact) mass is 297 g/mol. The van der Waals surface area contributed by atoms with Gasteiger partial charge in [-0.1, -0.05) is 0 Å². The molecule has 0 spiro atoms. The van der Waals surface area contributed by atoms with Gasteiger partial charge in [-0.05, 0) is 12.1 Å². The van der Waals surface area contributed by atoms with Gasteiger partial charge in [-0.2, -0.15) is 0 Å². The summed E-state index contributed by atoms with van der Waals surface area (Å²) in [6.07, 6.45) is 1.52. The number of aromatic nitrogens is 1. The first kappa shape index (κ1) is 14.1. The Labute approximate surface area is 116 Å². The van der Waals surface area contributed by atoms with E-state index in [0.717, 1.165) is 12.1 Å². The van der Waals surface area contributed by atoms with Gasteiger partial charge in [0.05, 0.1) is 12.1 Å². The molecule has 2 aromatic rings. The minimum atomic E-state index is -0.983. The number of nitrogens with one attached hydrogen (secondary N) is 2. The van der Waals surface area contributed by atoms with Crippen LogP contribution in [0.1, 0.15) is 10.4 Å². The lowest BCUT2D eigenvalue weighted by Crippen LogP contribution is -2.33. The maximum Gasteiger partial charge on any atom is 0.254 e. The van der Waals surface area contributed by atoms with Crippen LogP contribution in [0.3, 0.4) is 0 Å². The Kier molecular flexibility index (Phi) is 4.36. The van der Waals surface area contributed by atoms with E-state index < -0.39 is 23.4 Å². The molecule has 2 rings (SSSR count). The Hall–Kier alpha value is -2.35. The molecule has 2 N–H and O–H groups in total. The van der Waals surface area contributed by atoms with Gasteiger partial charge in [0.25, 0.3) is 5.91 Å². The molecule has 0 atom stereocenters. The molecular weight excluding hydrogens is 288 g/mol. The molecule has 0 aliphatic rings. The summed E-state index contributed by atoms with van der Waals surface area (Å²) in [5.74, 6) is -3.05. The van der Waals surface area contributed by atoms with Gasteiger partial charge in [-0.15, -0.1) is 11.3 Å². The van der Waals surface area contributed by atoms with Gasteiger partial charge in [0.15, 0.2) is 5.13 Å². The van der Waals surface area contributed by atoms with E-state index in [2.05, 4.69) is 15.6 Å². The van der Waals surface area contributed by atoms with E-state index in [9.17, 15) is 18.4 Å². The highest BCUT2D eigenvalue weighted by Gasteiger charge is 2.13. The van der Waals surface area contributed by atoms with Crippen LogP contribution >= 0.6 is 11.3 Å². The zero-order valence-electron chi connectivity index (χ0n) is 10.0. The van der Waals surface area contributed by atoms with Crippen LogP contribution in [-0.4, -0.2) is 23.3 Å². The summed E-state index contributed by atoms with van der Waals surface area (Å²) in [4.78, 5) is 26.9. The number of amides is 2. The van der Waals surface area contributed by atoms with Gasteiger partial charge >= 0.3 is 0 Å². The summed E-state index contributed by atoms with van der Waals surface area (Å²) in [7, 11) is 0. The van der Waals surface area contributed by atoms with Crippen LogP contribution in [0.4, 0.5) is 13.9 Å². The van der Waals surface area contributed by atoms with Gasteiger partial charge < -0.3 is 10.6 Å². The quantitative estimate of drug-likeness (QED) is 0.904. The summed E-state index contributed by atoms with van der Waals surface area (Å²) in [5.41, 5.74) is -0.326. The second kappa shape index (κ2) is 6.20. The summed E-state index contributed by atoms with van der Waals surface area (Å²) in [6, 6.07) is 2.58. The Bertz CT molecular complexity index is 632. The van der Waals surface area contributed by atoms with E-state index in [4.69, 9.17) is 0 Å². The van der Waals surface area contributed by atoms with Crippen molar-refractivity contribution in [1.82, 2.24) is 10.3 Å². The zero-order chi connectivity index (χ0) is 14.5. The van der Waals surface area contributed by atoms with Crippen LogP contribution in [-0.2, 0) is 4.79 Å². The fourth-order valence-electron chi connectivity index (χ4n) is 1.38. The second-order valence-electron chi connectivity index (χ2n) is 3.69. The van der Waals surface area contributed by atoms with Crippen LogP contribution in [0, 0.1) is 11.6 Å². The van der Waals surface area contributed by atoms with Gasteiger partial charge in [0, 0.05) is 17.6 Å². The Morgan fingerprint density at radius 3 is 2.75 bits per heavy atom. The minimum Gasteiger partial charge on any atom is -0.343 e. The number of nitrogens with zero attached hydrogens (tertiary/aromatic N) is 1. The summed E-state index contributed by atoms with van der Waals surface area (Å²) in [6.45, 7) is -0.338. The molecule has 0 saturated carbocycles. The van der Waals surface area contributed by atoms with Crippen LogP contribution in [0.2, 0.25) is 0 Å². The van der Waals surface area contributed by atoms with Crippen molar-refractivity contribution in [2.45, 2.75) is 0 Å². The van der Waals surface area contributed by atoms with Crippen molar-refractivity contribution in [2.75, 3.05) is 11.9 Å². The molecule has 0 aliphatic carbocycles. The molecule has 1 aromatic carbocycles. The predicted molar refractivity (Wildman–Crippen MR) is 69.4 cm³/mol. The highest BCUT2D eigenvalue weighted by atomic mass is 32.1. The van der Waals surface area contributed by atoms with Gasteiger partial charge in [-0.25, -0.2) is 13.8 Å². The van der Waals surface area contributed by atoms with Crippen molar-refractivity contribution in [3.05, 3.63) is 47.0 Å². The van der Waals surface area contributed by atoms with Gasteiger partial charge in [-0.3, -0.25) is 9.59 Å². The summed E-state index contributed by atoms with van der Waals surface area (Å²) < 4.78 is 26.0. The topological polar surface area (TPSA) is 71.1 Å². The van der Waals surface area contributed by atoms with E-state index in [0.29, 0.717) is 11.2 Å².